The molecule has 1 aliphatic rings. The van der Waals surface area contributed by atoms with Crippen LogP contribution in [-0.2, 0) is 6.42 Å². The molecule has 0 aliphatic carbocycles. The SMILES string of the molecule is O=C(O)Nc1cnc2c(c1)CC=N2. The van der Waals surface area contributed by atoms with Gasteiger partial charge in [0.25, 0.3) is 0 Å². The van der Waals surface area contributed by atoms with Crippen LogP contribution in [0.2, 0.25) is 0 Å². The molecule has 5 nitrogen and oxygen atoms in total. The first kappa shape index (κ1) is 7.72. The van der Waals surface area contributed by atoms with Crippen molar-refractivity contribution in [2.75, 3.05) is 5.32 Å². The molecule has 1 amide bonds. The number of hydrogen-bond acceptors (Lipinski definition) is 3. The van der Waals surface area contributed by atoms with Crippen molar-refractivity contribution in [3.05, 3.63) is 17.8 Å². The van der Waals surface area contributed by atoms with E-state index in [2.05, 4.69) is 15.3 Å². The first-order valence-electron chi connectivity index (χ1n) is 3.77. The maximum absolute atomic E-state index is 10.3. The van der Waals surface area contributed by atoms with Crippen LogP contribution in [0.25, 0.3) is 0 Å². The van der Waals surface area contributed by atoms with E-state index in [1.165, 1.54) is 6.20 Å². The third-order valence-electron chi connectivity index (χ3n) is 1.72. The number of nitrogens with zero attached hydrogens (tertiary/aromatic N) is 2. The molecule has 0 saturated heterocycles. The van der Waals surface area contributed by atoms with Gasteiger partial charge in [-0.05, 0) is 6.07 Å². The number of pyridine rings is 1. The van der Waals surface area contributed by atoms with Crippen molar-refractivity contribution in [3.8, 4) is 0 Å². The Kier molecular flexibility index (Phi) is 1.70. The average molecular weight is 177 g/mol. The molecule has 1 aliphatic heterocycles. The van der Waals surface area contributed by atoms with Crippen LogP contribution in [0.3, 0.4) is 0 Å². The van der Waals surface area contributed by atoms with E-state index >= 15 is 0 Å². The van der Waals surface area contributed by atoms with E-state index in [1.54, 1.807) is 12.3 Å². The van der Waals surface area contributed by atoms with Gasteiger partial charge in [-0.25, -0.2) is 14.8 Å². The molecule has 0 atom stereocenters. The molecule has 0 unspecified atom stereocenters. The van der Waals surface area contributed by atoms with Crippen LogP contribution < -0.4 is 5.32 Å². The van der Waals surface area contributed by atoms with E-state index in [-0.39, 0.29) is 0 Å². The normalized spacial score (nSPS) is 12.6. The summed E-state index contributed by atoms with van der Waals surface area (Å²) < 4.78 is 0. The maximum atomic E-state index is 10.3. The number of nitrogens with one attached hydrogen (secondary N) is 1. The largest absolute Gasteiger partial charge is 0.465 e. The first-order valence-corrected chi connectivity index (χ1v) is 3.77. The summed E-state index contributed by atoms with van der Waals surface area (Å²) in [6, 6.07) is 1.74. The van der Waals surface area contributed by atoms with Crippen molar-refractivity contribution in [2.24, 2.45) is 4.99 Å². The number of fused-ring (bicyclic) bond motifs is 1. The van der Waals surface area contributed by atoms with Gasteiger partial charge in [0, 0.05) is 18.2 Å². The number of carboxylic acid groups (broad SMARTS) is 1. The minimum absolute atomic E-state index is 0.483. The van der Waals surface area contributed by atoms with E-state index in [0.29, 0.717) is 11.5 Å². The molecule has 0 radical (unpaired) electrons. The van der Waals surface area contributed by atoms with Crippen LogP contribution in [0.4, 0.5) is 16.3 Å². The molecule has 0 aromatic carbocycles. The van der Waals surface area contributed by atoms with Crippen LogP contribution >= 0.6 is 0 Å². The van der Waals surface area contributed by atoms with Gasteiger partial charge in [-0.1, -0.05) is 0 Å². The Bertz CT molecular complexity index is 387. The van der Waals surface area contributed by atoms with Gasteiger partial charge in [0.2, 0.25) is 0 Å². The van der Waals surface area contributed by atoms with E-state index in [0.717, 1.165) is 12.0 Å². The van der Waals surface area contributed by atoms with Gasteiger partial charge in [0.05, 0.1) is 11.9 Å². The number of aliphatic imine (C=N–C) groups is 1. The van der Waals surface area contributed by atoms with E-state index in [9.17, 15) is 4.79 Å². The standard InChI is InChI=1S/C8H7N3O2/c12-8(13)11-6-3-5-1-2-9-7(5)10-4-6/h2-4,11H,1H2,(H,12,13). The summed E-state index contributed by atoms with van der Waals surface area (Å²) in [6.07, 6.45) is 2.84. The molecule has 2 rings (SSSR count). The highest BCUT2D eigenvalue weighted by atomic mass is 16.4. The Morgan fingerprint density at radius 3 is 3.23 bits per heavy atom. The van der Waals surface area contributed by atoms with E-state index in [4.69, 9.17) is 5.11 Å². The number of hydrogen-bond donors (Lipinski definition) is 2. The van der Waals surface area contributed by atoms with Crippen molar-refractivity contribution in [2.45, 2.75) is 6.42 Å². The Morgan fingerprint density at radius 2 is 2.46 bits per heavy atom. The zero-order valence-corrected chi connectivity index (χ0v) is 6.69. The Morgan fingerprint density at radius 1 is 1.62 bits per heavy atom. The van der Waals surface area contributed by atoms with Gasteiger partial charge in [-0.15, -0.1) is 0 Å². The van der Waals surface area contributed by atoms with Crippen LogP contribution in [0.1, 0.15) is 5.56 Å². The van der Waals surface area contributed by atoms with Gasteiger partial charge >= 0.3 is 6.09 Å². The third-order valence-corrected chi connectivity index (χ3v) is 1.72. The van der Waals surface area contributed by atoms with E-state index < -0.39 is 6.09 Å². The second kappa shape index (κ2) is 2.85. The predicted molar refractivity (Wildman–Crippen MR) is 47.7 cm³/mol. The van der Waals surface area contributed by atoms with E-state index in [1.807, 2.05) is 0 Å². The van der Waals surface area contributed by atoms with Crippen LogP contribution in [0.5, 0.6) is 0 Å². The van der Waals surface area contributed by atoms with Crippen molar-refractivity contribution in [1.29, 1.82) is 0 Å². The summed E-state index contributed by atoms with van der Waals surface area (Å²) in [5.74, 6) is 0.677. The lowest BCUT2D eigenvalue weighted by atomic mass is 10.2. The number of anilines is 1. The quantitative estimate of drug-likeness (QED) is 0.681. The number of carbonyl (C=O) groups is 1. The fraction of sp³-hybridized carbons (Fsp3) is 0.125. The van der Waals surface area contributed by atoms with Gasteiger partial charge in [-0.2, -0.15) is 0 Å². The summed E-state index contributed by atoms with van der Waals surface area (Å²) in [4.78, 5) is 18.3. The third kappa shape index (κ3) is 1.48. The van der Waals surface area contributed by atoms with Crippen molar-refractivity contribution in [1.82, 2.24) is 4.98 Å². The second-order valence-corrected chi connectivity index (χ2v) is 2.65. The number of aromatic nitrogens is 1. The molecule has 66 valence electrons. The zero-order valence-electron chi connectivity index (χ0n) is 6.69. The van der Waals surface area contributed by atoms with Gasteiger partial charge in [0.1, 0.15) is 0 Å². The highest BCUT2D eigenvalue weighted by Gasteiger charge is 2.09. The predicted octanol–water partition coefficient (Wildman–Crippen LogP) is 1.43. The lowest BCUT2D eigenvalue weighted by Gasteiger charge is -2.01. The lowest BCUT2D eigenvalue weighted by molar-refractivity contribution is 0.209. The summed E-state index contributed by atoms with van der Waals surface area (Å²) >= 11 is 0. The summed E-state index contributed by atoms with van der Waals surface area (Å²) in [7, 11) is 0. The minimum atomic E-state index is -1.08. The van der Waals surface area contributed by atoms with Crippen LogP contribution in [-0.4, -0.2) is 22.4 Å². The topological polar surface area (TPSA) is 74.6 Å². The number of rotatable bonds is 1. The Balaban J connectivity index is 2.28. The highest BCUT2D eigenvalue weighted by molar-refractivity contribution is 5.84. The monoisotopic (exact) mass is 177 g/mol. The van der Waals surface area contributed by atoms with Crippen LogP contribution in [0.15, 0.2) is 17.3 Å². The lowest BCUT2D eigenvalue weighted by Crippen LogP contribution is -2.07. The van der Waals surface area contributed by atoms with Crippen molar-refractivity contribution in [3.63, 3.8) is 0 Å². The first-order chi connectivity index (χ1) is 6.25. The van der Waals surface area contributed by atoms with Crippen LogP contribution in [0, 0.1) is 0 Å². The summed E-state index contributed by atoms with van der Waals surface area (Å²) in [5, 5.41) is 10.7. The Hall–Kier alpha value is -1.91. The molecule has 0 bridgehead atoms. The molecular weight excluding hydrogens is 170 g/mol. The van der Waals surface area contributed by atoms with Crippen molar-refractivity contribution < 1.29 is 9.90 Å². The number of amides is 1. The summed E-state index contributed by atoms with van der Waals surface area (Å²) in [6.45, 7) is 0. The summed E-state index contributed by atoms with van der Waals surface area (Å²) in [5.41, 5.74) is 1.43. The Labute approximate surface area is 74.1 Å². The van der Waals surface area contributed by atoms with Gasteiger partial charge in [0.15, 0.2) is 5.82 Å². The van der Waals surface area contributed by atoms with Gasteiger partial charge < -0.3 is 5.11 Å². The molecule has 2 N–H and O–H groups in total. The van der Waals surface area contributed by atoms with Gasteiger partial charge in [-0.3, -0.25) is 5.32 Å². The van der Waals surface area contributed by atoms with Crippen molar-refractivity contribution >= 4 is 23.8 Å². The molecule has 1 aromatic rings. The molecule has 0 saturated carbocycles. The molecule has 0 spiro atoms. The average Bonchev–Trinajstić information content (AvgIpc) is 2.49. The zero-order chi connectivity index (χ0) is 9.26. The molecular formula is C8H7N3O2. The minimum Gasteiger partial charge on any atom is -0.465 e. The molecule has 1 aromatic heterocycles. The second-order valence-electron chi connectivity index (χ2n) is 2.65. The molecule has 2 heterocycles. The molecule has 13 heavy (non-hydrogen) atoms. The highest BCUT2D eigenvalue weighted by Crippen LogP contribution is 2.23. The molecule has 5 heteroatoms. The fourth-order valence-electron chi connectivity index (χ4n) is 1.19. The fourth-order valence-corrected chi connectivity index (χ4v) is 1.19. The smallest absolute Gasteiger partial charge is 0.409 e. The maximum Gasteiger partial charge on any atom is 0.409 e. The molecule has 0 fully saturated rings.